The molecule has 12 heavy (non-hydrogen) atoms. The Bertz CT molecular complexity index is 161. The highest BCUT2D eigenvalue weighted by molar-refractivity contribution is 4.96. The van der Waals surface area contributed by atoms with Crippen molar-refractivity contribution in [1.82, 2.24) is 5.32 Å². The molecule has 3 N–H and O–H groups in total. The summed E-state index contributed by atoms with van der Waals surface area (Å²) in [4.78, 5) is 0. The van der Waals surface area contributed by atoms with Crippen LogP contribution in [0.15, 0.2) is 0 Å². The predicted octanol–water partition coefficient (Wildman–Crippen LogP) is -1.95. The average molecular weight is 175 g/mol. The van der Waals surface area contributed by atoms with E-state index in [1.807, 2.05) is 0 Å². The van der Waals surface area contributed by atoms with Crippen molar-refractivity contribution < 1.29 is 19.7 Å². The van der Waals surface area contributed by atoms with Crippen LogP contribution in [0.25, 0.3) is 0 Å². The molecule has 2 aliphatic rings. The van der Waals surface area contributed by atoms with E-state index in [-0.39, 0.29) is 12.1 Å². The van der Waals surface area contributed by atoms with Gasteiger partial charge in [-0.25, -0.2) is 0 Å². The standard InChI is InChI=1S/C7H13NO4/c1-8-4-5(9)3-2-11-7(12-3)6(4)10/h3-10H,2H2,1H3/t3-,4+,5-,6-,7-/m1/s1. The number of ether oxygens (including phenoxy) is 2. The van der Waals surface area contributed by atoms with Gasteiger partial charge in [0.25, 0.3) is 0 Å². The first-order valence-electron chi connectivity index (χ1n) is 4.04. The Morgan fingerprint density at radius 3 is 2.75 bits per heavy atom. The molecule has 70 valence electrons. The molecule has 5 nitrogen and oxygen atoms in total. The molecular weight excluding hydrogens is 162 g/mol. The van der Waals surface area contributed by atoms with Gasteiger partial charge in [0.05, 0.1) is 12.6 Å². The van der Waals surface area contributed by atoms with Crippen LogP contribution in [0, 0.1) is 0 Å². The fourth-order valence-corrected chi connectivity index (χ4v) is 1.74. The smallest absolute Gasteiger partial charge is 0.185 e. The van der Waals surface area contributed by atoms with Gasteiger partial charge in [0.1, 0.15) is 18.3 Å². The van der Waals surface area contributed by atoms with Gasteiger partial charge in [-0.15, -0.1) is 0 Å². The minimum absolute atomic E-state index is 0.296. The fraction of sp³-hybridized carbons (Fsp3) is 1.00. The lowest BCUT2D eigenvalue weighted by Gasteiger charge is -2.35. The van der Waals surface area contributed by atoms with Crippen molar-refractivity contribution in [2.24, 2.45) is 0 Å². The van der Waals surface area contributed by atoms with Gasteiger partial charge in [0.2, 0.25) is 0 Å². The van der Waals surface area contributed by atoms with E-state index in [9.17, 15) is 10.2 Å². The zero-order valence-electron chi connectivity index (χ0n) is 6.80. The fourth-order valence-electron chi connectivity index (χ4n) is 1.74. The SMILES string of the molecule is CN[C@@H]1[C@@H](O)[C@@H]2OC[C@@H](O2)[C@H]1O. The second-order valence-electron chi connectivity index (χ2n) is 3.17. The Kier molecular flexibility index (Phi) is 2.05. The summed E-state index contributed by atoms with van der Waals surface area (Å²) in [5.41, 5.74) is 0. The van der Waals surface area contributed by atoms with E-state index >= 15 is 0 Å². The number of nitrogens with one attached hydrogen (secondary N) is 1. The molecule has 0 aliphatic carbocycles. The Morgan fingerprint density at radius 2 is 2.08 bits per heavy atom. The lowest BCUT2D eigenvalue weighted by Crippen LogP contribution is -2.59. The molecule has 2 heterocycles. The highest BCUT2D eigenvalue weighted by Crippen LogP contribution is 2.27. The molecule has 0 aromatic heterocycles. The van der Waals surface area contributed by atoms with Gasteiger partial charge >= 0.3 is 0 Å². The van der Waals surface area contributed by atoms with Crippen molar-refractivity contribution in [3.05, 3.63) is 0 Å². The first-order chi connectivity index (χ1) is 5.74. The van der Waals surface area contributed by atoms with Crippen LogP contribution in [0.3, 0.4) is 0 Å². The number of hydrogen-bond acceptors (Lipinski definition) is 5. The van der Waals surface area contributed by atoms with Gasteiger partial charge in [-0.2, -0.15) is 0 Å². The predicted molar refractivity (Wildman–Crippen MR) is 39.5 cm³/mol. The van der Waals surface area contributed by atoms with Crippen molar-refractivity contribution in [2.75, 3.05) is 13.7 Å². The topological polar surface area (TPSA) is 71.0 Å². The van der Waals surface area contributed by atoms with Gasteiger partial charge < -0.3 is 25.0 Å². The van der Waals surface area contributed by atoms with Crippen LogP contribution >= 0.6 is 0 Å². The molecular formula is C7H13NO4. The molecule has 5 heteroatoms. The summed E-state index contributed by atoms with van der Waals surface area (Å²) in [5.74, 6) is 0. The van der Waals surface area contributed by atoms with Gasteiger partial charge in [-0.3, -0.25) is 0 Å². The molecule has 0 radical (unpaired) electrons. The molecule has 2 fully saturated rings. The van der Waals surface area contributed by atoms with Gasteiger partial charge in [-0.05, 0) is 7.05 Å². The number of aliphatic hydroxyl groups is 2. The Hall–Kier alpha value is -0.200. The molecule has 0 aromatic rings. The van der Waals surface area contributed by atoms with E-state index in [1.165, 1.54) is 0 Å². The second kappa shape index (κ2) is 2.93. The van der Waals surface area contributed by atoms with Crippen LogP contribution in [-0.2, 0) is 9.47 Å². The third-order valence-electron chi connectivity index (χ3n) is 2.46. The summed E-state index contributed by atoms with van der Waals surface area (Å²) >= 11 is 0. The van der Waals surface area contributed by atoms with Crippen LogP contribution in [0.5, 0.6) is 0 Å². The summed E-state index contributed by atoms with van der Waals surface area (Å²) in [6.45, 7) is 0.362. The van der Waals surface area contributed by atoms with Crippen LogP contribution in [0.4, 0.5) is 0 Å². The maximum Gasteiger partial charge on any atom is 0.185 e. The highest BCUT2D eigenvalue weighted by atomic mass is 16.7. The van der Waals surface area contributed by atoms with Crippen molar-refractivity contribution in [3.8, 4) is 0 Å². The molecule has 0 aromatic carbocycles. The van der Waals surface area contributed by atoms with E-state index in [4.69, 9.17) is 9.47 Å². The molecule has 0 amide bonds. The number of aliphatic hydroxyl groups excluding tert-OH is 2. The lowest BCUT2D eigenvalue weighted by atomic mass is 9.98. The maximum atomic E-state index is 9.60. The summed E-state index contributed by atoms with van der Waals surface area (Å²) in [7, 11) is 1.70. The van der Waals surface area contributed by atoms with Crippen LogP contribution in [0.2, 0.25) is 0 Å². The molecule has 5 atom stereocenters. The quantitative estimate of drug-likeness (QED) is 0.432. The lowest BCUT2D eigenvalue weighted by molar-refractivity contribution is -0.194. The van der Waals surface area contributed by atoms with Crippen molar-refractivity contribution >= 4 is 0 Å². The first-order valence-corrected chi connectivity index (χ1v) is 4.04. The van der Waals surface area contributed by atoms with Gasteiger partial charge in [0, 0.05) is 0 Å². The first kappa shape index (κ1) is 8.40. The van der Waals surface area contributed by atoms with E-state index in [0.29, 0.717) is 6.61 Å². The van der Waals surface area contributed by atoms with Crippen molar-refractivity contribution in [2.45, 2.75) is 30.6 Å². The molecule has 2 saturated heterocycles. The molecule has 0 spiro atoms. The molecule has 2 rings (SSSR count). The Morgan fingerprint density at radius 1 is 1.33 bits per heavy atom. The minimum atomic E-state index is -0.788. The van der Waals surface area contributed by atoms with Crippen LogP contribution in [0.1, 0.15) is 0 Å². The number of fused-ring (bicyclic) bond motifs is 2. The summed E-state index contributed by atoms with van der Waals surface area (Å²) in [5, 5.41) is 22.0. The summed E-state index contributed by atoms with van der Waals surface area (Å²) in [6, 6.07) is -0.351. The van der Waals surface area contributed by atoms with Crippen molar-refractivity contribution in [3.63, 3.8) is 0 Å². The zero-order chi connectivity index (χ0) is 8.72. The minimum Gasteiger partial charge on any atom is -0.389 e. The second-order valence-corrected chi connectivity index (χ2v) is 3.17. The Labute approximate surface area is 70.3 Å². The largest absolute Gasteiger partial charge is 0.389 e. The van der Waals surface area contributed by atoms with E-state index in [0.717, 1.165) is 0 Å². The van der Waals surface area contributed by atoms with E-state index in [1.54, 1.807) is 7.05 Å². The third kappa shape index (κ3) is 1.06. The highest BCUT2D eigenvalue weighted by Gasteiger charge is 2.48. The number of rotatable bonds is 1. The maximum absolute atomic E-state index is 9.60. The normalized spacial score (nSPS) is 52.8. The molecule has 2 aliphatic heterocycles. The number of hydrogen-bond donors (Lipinski definition) is 3. The molecule has 2 bridgehead atoms. The van der Waals surface area contributed by atoms with Gasteiger partial charge in [0.15, 0.2) is 6.29 Å². The monoisotopic (exact) mass is 175 g/mol. The van der Waals surface area contributed by atoms with Crippen LogP contribution < -0.4 is 5.32 Å². The summed E-state index contributed by atoms with van der Waals surface area (Å²) < 4.78 is 10.3. The van der Waals surface area contributed by atoms with Crippen LogP contribution in [-0.4, -0.2) is 54.5 Å². The zero-order valence-corrected chi connectivity index (χ0v) is 6.80. The molecule has 0 saturated carbocycles. The van der Waals surface area contributed by atoms with E-state index < -0.39 is 18.5 Å². The molecule has 0 unspecified atom stereocenters. The third-order valence-corrected chi connectivity index (χ3v) is 2.46. The van der Waals surface area contributed by atoms with Gasteiger partial charge in [-0.1, -0.05) is 0 Å². The summed E-state index contributed by atoms with van der Waals surface area (Å²) in [6.07, 6.45) is -2.35. The average Bonchev–Trinajstić information content (AvgIpc) is 2.48. The Balaban J connectivity index is 2.14. The number of likely N-dealkylation sites (N-methyl/N-ethyl adjacent to an activating group) is 1. The van der Waals surface area contributed by atoms with E-state index in [2.05, 4.69) is 5.32 Å². The van der Waals surface area contributed by atoms with Crippen molar-refractivity contribution in [1.29, 1.82) is 0 Å².